The summed E-state index contributed by atoms with van der Waals surface area (Å²) < 4.78 is 137. The molecule has 1 saturated carbocycles. The van der Waals surface area contributed by atoms with Gasteiger partial charge in [-0.1, -0.05) is 30.3 Å². The molecule has 2 atom stereocenters. The van der Waals surface area contributed by atoms with Crippen LogP contribution in [0.15, 0.2) is 47.4 Å². The third kappa shape index (κ3) is 5.09. The van der Waals surface area contributed by atoms with E-state index in [1.54, 1.807) is 0 Å². The van der Waals surface area contributed by atoms with Crippen LogP contribution >= 0.6 is 0 Å². The van der Waals surface area contributed by atoms with Crippen molar-refractivity contribution in [3.05, 3.63) is 64.7 Å². The third-order valence-electron chi connectivity index (χ3n) is 9.64. The number of carbonyl (C=O) groups is 2. The molecule has 2 fully saturated rings. The summed E-state index contributed by atoms with van der Waals surface area (Å²) >= 11 is 0. The Bertz CT molecular complexity index is 1570. The van der Waals surface area contributed by atoms with E-state index in [0.717, 1.165) is 18.2 Å². The Hall–Kier alpha value is -3.23. The Morgan fingerprint density at radius 3 is 1.98 bits per heavy atom. The summed E-state index contributed by atoms with van der Waals surface area (Å²) in [5, 5.41) is 9.31. The van der Waals surface area contributed by atoms with Gasteiger partial charge in [0.25, 0.3) is 0 Å². The summed E-state index contributed by atoms with van der Waals surface area (Å²) in [7, 11) is -4.55. The van der Waals surface area contributed by atoms with Gasteiger partial charge in [-0.25, -0.2) is 17.2 Å². The van der Waals surface area contributed by atoms with E-state index in [9.17, 15) is 53.8 Å². The molecule has 1 heterocycles. The SMILES string of the molecule is O=C(O)[C@H]1CC[C@H](C(=O)N2CCC3(S(=O)(=O)c4ccc(CF)cc4)c4ccc(C(F)(C(F)(F)F)C(F)(F)F)cc4CCC23)CC1. The molecule has 5 rings (SSSR count). The van der Waals surface area contributed by atoms with Crippen LogP contribution in [0, 0.1) is 11.8 Å². The lowest BCUT2D eigenvalue weighted by Gasteiger charge is -2.44. The van der Waals surface area contributed by atoms with Gasteiger partial charge < -0.3 is 10.0 Å². The van der Waals surface area contributed by atoms with Gasteiger partial charge in [0.05, 0.1) is 16.9 Å². The van der Waals surface area contributed by atoms with Crippen LogP contribution in [0.4, 0.5) is 35.1 Å². The van der Waals surface area contributed by atoms with Crippen molar-refractivity contribution in [2.75, 3.05) is 6.54 Å². The van der Waals surface area contributed by atoms with Crippen LogP contribution in [-0.2, 0) is 42.9 Å². The molecule has 1 N–H and O–H groups in total. The van der Waals surface area contributed by atoms with E-state index >= 15 is 4.39 Å². The number of rotatable bonds is 6. The number of aliphatic carboxylic acids is 1. The van der Waals surface area contributed by atoms with Crippen molar-refractivity contribution in [1.82, 2.24) is 4.90 Å². The predicted octanol–water partition coefficient (Wildman–Crippen LogP) is 6.55. The number of carboxylic acid groups (broad SMARTS) is 1. The molecule has 2 aromatic carbocycles. The van der Waals surface area contributed by atoms with Crippen molar-refractivity contribution in [3.8, 4) is 0 Å². The van der Waals surface area contributed by atoms with Crippen molar-refractivity contribution in [3.63, 3.8) is 0 Å². The van der Waals surface area contributed by atoms with Crippen LogP contribution in [0.5, 0.6) is 0 Å². The van der Waals surface area contributed by atoms with Gasteiger partial charge in [0.1, 0.15) is 11.4 Å². The molecular weight excluding hydrogens is 638 g/mol. The molecule has 246 valence electrons. The van der Waals surface area contributed by atoms with Crippen molar-refractivity contribution >= 4 is 21.7 Å². The zero-order valence-corrected chi connectivity index (χ0v) is 24.4. The maximum atomic E-state index is 15.0. The number of aryl methyl sites for hydroxylation is 1. The maximum Gasteiger partial charge on any atom is 0.435 e. The molecule has 15 heteroatoms. The molecule has 0 aromatic heterocycles. The zero-order valence-electron chi connectivity index (χ0n) is 23.6. The average molecular weight is 668 g/mol. The fourth-order valence-electron chi connectivity index (χ4n) is 7.28. The van der Waals surface area contributed by atoms with Crippen LogP contribution in [0.1, 0.15) is 60.8 Å². The quantitative estimate of drug-likeness (QED) is 0.353. The number of alkyl halides is 8. The lowest BCUT2D eigenvalue weighted by atomic mass is 9.76. The van der Waals surface area contributed by atoms with Crippen molar-refractivity contribution < 1.29 is 58.2 Å². The first-order chi connectivity index (χ1) is 20.9. The van der Waals surface area contributed by atoms with Gasteiger partial charge in [-0.05, 0) is 73.8 Å². The number of hydrogen-bond acceptors (Lipinski definition) is 4. The van der Waals surface area contributed by atoms with Gasteiger partial charge in [0, 0.05) is 18.0 Å². The number of hydrogen-bond donors (Lipinski definition) is 1. The van der Waals surface area contributed by atoms with Crippen molar-refractivity contribution in [2.45, 2.75) is 85.3 Å². The highest BCUT2D eigenvalue weighted by Crippen LogP contribution is 2.57. The minimum Gasteiger partial charge on any atom is -0.481 e. The molecule has 1 saturated heterocycles. The number of likely N-dealkylation sites (tertiary alicyclic amines) is 1. The molecule has 45 heavy (non-hydrogen) atoms. The number of benzene rings is 2. The summed E-state index contributed by atoms with van der Waals surface area (Å²) in [6, 6.07) is 5.17. The maximum absolute atomic E-state index is 15.0. The Morgan fingerprint density at radius 2 is 1.44 bits per heavy atom. The molecular formula is C30H29F8NO5S. The van der Waals surface area contributed by atoms with Crippen molar-refractivity contribution in [1.29, 1.82) is 0 Å². The molecule has 6 nitrogen and oxygen atoms in total. The number of sulfone groups is 1. The van der Waals surface area contributed by atoms with Gasteiger partial charge in [-0.3, -0.25) is 9.59 Å². The number of amides is 1. The molecule has 0 radical (unpaired) electrons. The second-order valence-electron chi connectivity index (χ2n) is 11.9. The standard InChI is InChI=1S/C30H29F8NO5S/c31-16-17-1-9-22(10-2-17)45(43,44)27-13-14-39(25(40)18-3-5-19(6-4-18)26(41)42)24(27)12-7-20-15-21(8-11-23(20)27)28(32,29(33,34)35)30(36,37)38/h1-2,8-11,15,18-19,24H,3-7,12-14,16H2,(H,41,42)/t18-,19-,24?,27?. The number of carbonyl (C=O) groups excluding carboxylic acids is 1. The molecule has 1 amide bonds. The Morgan fingerprint density at radius 1 is 0.867 bits per heavy atom. The van der Waals surface area contributed by atoms with Gasteiger partial charge >= 0.3 is 24.0 Å². The molecule has 1 aliphatic heterocycles. The first-order valence-electron chi connectivity index (χ1n) is 14.3. The molecule has 2 aromatic rings. The third-order valence-corrected chi connectivity index (χ3v) is 12.2. The summed E-state index contributed by atoms with van der Waals surface area (Å²) in [4.78, 5) is 26.3. The van der Waals surface area contributed by atoms with Gasteiger partial charge in [-0.15, -0.1) is 0 Å². The van der Waals surface area contributed by atoms with E-state index in [1.807, 2.05) is 0 Å². The smallest absolute Gasteiger partial charge is 0.435 e. The number of nitrogens with zero attached hydrogens (tertiary/aromatic N) is 1. The fourth-order valence-corrected chi connectivity index (χ4v) is 9.65. The molecule has 2 unspecified atom stereocenters. The summed E-state index contributed by atoms with van der Waals surface area (Å²) in [6.07, 6.45) is -12.4. The Balaban J connectivity index is 1.62. The second-order valence-corrected chi connectivity index (χ2v) is 14.1. The lowest BCUT2D eigenvalue weighted by Crippen LogP contribution is -2.53. The van der Waals surface area contributed by atoms with Gasteiger partial charge in [0.15, 0.2) is 9.84 Å². The average Bonchev–Trinajstić information content (AvgIpc) is 3.40. The number of fused-ring (bicyclic) bond motifs is 3. The van der Waals surface area contributed by atoms with E-state index in [-0.39, 0.29) is 73.1 Å². The van der Waals surface area contributed by atoms with Crippen LogP contribution in [0.2, 0.25) is 0 Å². The van der Waals surface area contributed by atoms with E-state index < -0.39 is 74.6 Å². The van der Waals surface area contributed by atoms with Crippen LogP contribution < -0.4 is 0 Å². The summed E-state index contributed by atoms with van der Waals surface area (Å²) in [5.41, 5.74) is -7.64. The summed E-state index contributed by atoms with van der Waals surface area (Å²) in [6.45, 7) is -1.00. The normalized spacial score (nSPS) is 25.9. The lowest BCUT2D eigenvalue weighted by molar-refractivity contribution is -0.348. The first kappa shape index (κ1) is 33.1. The summed E-state index contributed by atoms with van der Waals surface area (Å²) in [5.74, 6) is -2.61. The van der Waals surface area contributed by atoms with E-state index in [1.165, 1.54) is 17.0 Å². The molecule has 0 spiro atoms. The Labute approximate surface area is 253 Å². The highest BCUT2D eigenvalue weighted by Gasteiger charge is 2.74. The van der Waals surface area contributed by atoms with Crippen LogP contribution in [-0.4, -0.2) is 55.2 Å². The highest BCUT2D eigenvalue weighted by atomic mass is 32.2. The van der Waals surface area contributed by atoms with E-state index in [2.05, 4.69) is 0 Å². The number of halogens is 8. The fraction of sp³-hybridized carbons (Fsp3) is 0.533. The van der Waals surface area contributed by atoms with Crippen LogP contribution in [0.25, 0.3) is 0 Å². The molecule has 3 aliphatic rings. The minimum atomic E-state index is -6.37. The predicted molar refractivity (Wildman–Crippen MR) is 143 cm³/mol. The van der Waals surface area contributed by atoms with Gasteiger partial charge in [0.2, 0.25) is 5.91 Å². The van der Waals surface area contributed by atoms with E-state index in [0.29, 0.717) is 12.1 Å². The number of carboxylic acids is 1. The largest absolute Gasteiger partial charge is 0.481 e. The monoisotopic (exact) mass is 667 g/mol. The Kier molecular flexibility index (Phi) is 8.27. The topological polar surface area (TPSA) is 91.8 Å². The van der Waals surface area contributed by atoms with Crippen LogP contribution in [0.3, 0.4) is 0 Å². The van der Waals surface area contributed by atoms with Gasteiger partial charge in [-0.2, -0.15) is 26.3 Å². The molecule has 0 bridgehead atoms. The van der Waals surface area contributed by atoms with E-state index in [4.69, 9.17) is 0 Å². The zero-order chi connectivity index (χ0) is 33.2. The first-order valence-corrected chi connectivity index (χ1v) is 15.8. The second kappa shape index (κ2) is 11.2. The minimum absolute atomic E-state index is 0.108. The highest BCUT2D eigenvalue weighted by molar-refractivity contribution is 7.92. The molecule has 2 aliphatic carbocycles. The van der Waals surface area contributed by atoms with Crippen molar-refractivity contribution in [2.24, 2.45) is 11.8 Å².